The average molecular weight is 256 g/mol. The molecule has 2 saturated heterocycles. The Kier molecular flexibility index (Phi) is 3.16. The van der Waals surface area contributed by atoms with Crippen molar-refractivity contribution in [3.63, 3.8) is 0 Å². The number of pyridine rings is 1. The van der Waals surface area contributed by atoms with Gasteiger partial charge in [-0.25, -0.2) is 4.98 Å². The van der Waals surface area contributed by atoms with Crippen LogP contribution in [0.4, 0.5) is 5.82 Å². The summed E-state index contributed by atoms with van der Waals surface area (Å²) in [5, 5.41) is 13.0. The lowest BCUT2D eigenvalue weighted by Gasteiger charge is -2.36. The van der Waals surface area contributed by atoms with E-state index in [-0.39, 0.29) is 0 Å². The molecule has 1 aromatic rings. The summed E-state index contributed by atoms with van der Waals surface area (Å²) in [7, 11) is 2.08. The summed E-state index contributed by atoms with van der Waals surface area (Å²) >= 11 is 0. The van der Waals surface area contributed by atoms with Gasteiger partial charge >= 0.3 is 0 Å². The SMILES string of the molecule is Cc1ccnc(N(C)C2CC3CCC(C2)N3)c1C#N. The zero-order valence-electron chi connectivity index (χ0n) is 11.6. The molecule has 3 rings (SSSR count). The second-order valence-electron chi connectivity index (χ2n) is 5.81. The van der Waals surface area contributed by atoms with E-state index in [1.54, 1.807) is 6.20 Å². The lowest BCUT2D eigenvalue weighted by Crippen LogP contribution is -2.47. The van der Waals surface area contributed by atoms with Gasteiger partial charge < -0.3 is 10.2 Å². The molecule has 19 heavy (non-hydrogen) atoms. The maximum atomic E-state index is 9.33. The molecule has 2 bridgehead atoms. The Morgan fingerprint density at radius 2 is 2.05 bits per heavy atom. The smallest absolute Gasteiger partial charge is 0.146 e. The van der Waals surface area contributed by atoms with Crippen LogP contribution < -0.4 is 10.2 Å². The number of aromatic nitrogens is 1. The van der Waals surface area contributed by atoms with Crippen LogP contribution in [0, 0.1) is 18.3 Å². The van der Waals surface area contributed by atoms with Crippen LogP contribution in [0.5, 0.6) is 0 Å². The van der Waals surface area contributed by atoms with Gasteiger partial charge in [0.25, 0.3) is 0 Å². The lowest BCUT2D eigenvalue weighted by molar-refractivity contribution is 0.353. The van der Waals surface area contributed by atoms with E-state index in [4.69, 9.17) is 0 Å². The maximum Gasteiger partial charge on any atom is 0.146 e. The van der Waals surface area contributed by atoms with Crippen molar-refractivity contribution >= 4 is 5.82 Å². The van der Waals surface area contributed by atoms with E-state index in [0.29, 0.717) is 18.1 Å². The van der Waals surface area contributed by atoms with Crippen molar-refractivity contribution in [2.75, 3.05) is 11.9 Å². The fourth-order valence-corrected chi connectivity index (χ4v) is 3.47. The molecule has 2 unspecified atom stereocenters. The number of piperidine rings is 1. The molecule has 0 aromatic carbocycles. The first kappa shape index (κ1) is 12.4. The van der Waals surface area contributed by atoms with Crippen LogP contribution in [0.1, 0.15) is 36.8 Å². The van der Waals surface area contributed by atoms with E-state index in [0.717, 1.165) is 29.8 Å². The fourth-order valence-electron chi connectivity index (χ4n) is 3.47. The molecular weight excluding hydrogens is 236 g/mol. The van der Waals surface area contributed by atoms with Crippen molar-refractivity contribution in [1.29, 1.82) is 5.26 Å². The molecule has 2 fully saturated rings. The van der Waals surface area contributed by atoms with Gasteiger partial charge in [-0.05, 0) is 44.2 Å². The monoisotopic (exact) mass is 256 g/mol. The van der Waals surface area contributed by atoms with E-state index >= 15 is 0 Å². The summed E-state index contributed by atoms with van der Waals surface area (Å²) < 4.78 is 0. The minimum atomic E-state index is 0.500. The molecule has 1 N–H and O–H groups in total. The van der Waals surface area contributed by atoms with E-state index in [2.05, 4.69) is 28.3 Å². The van der Waals surface area contributed by atoms with Crippen molar-refractivity contribution in [2.24, 2.45) is 0 Å². The lowest BCUT2D eigenvalue weighted by atomic mass is 9.98. The number of hydrogen-bond acceptors (Lipinski definition) is 4. The van der Waals surface area contributed by atoms with E-state index in [9.17, 15) is 5.26 Å². The Hall–Kier alpha value is -1.60. The highest BCUT2D eigenvalue weighted by atomic mass is 15.2. The van der Waals surface area contributed by atoms with E-state index in [1.807, 2.05) is 13.0 Å². The molecule has 4 nitrogen and oxygen atoms in total. The highest BCUT2D eigenvalue weighted by molar-refractivity contribution is 5.57. The van der Waals surface area contributed by atoms with Crippen LogP contribution in [0.3, 0.4) is 0 Å². The number of rotatable bonds is 2. The Morgan fingerprint density at radius 3 is 2.68 bits per heavy atom. The first-order valence-electron chi connectivity index (χ1n) is 7.03. The number of anilines is 1. The van der Waals surface area contributed by atoms with Gasteiger partial charge in [0.05, 0.1) is 5.56 Å². The van der Waals surface area contributed by atoms with Gasteiger partial charge in [0.15, 0.2) is 0 Å². The molecule has 0 aliphatic carbocycles. The van der Waals surface area contributed by atoms with Crippen molar-refractivity contribution in [3.8, 4) is 6.07 Å². The zero-order chi connectivity index (χ0) is 13.4. The summed E-state index contributed by atoms with van der Waals surface area (Å²) in [5.74, 6) is 0.841. The molecule has 0 spiro atoms. The third-order valence-electron chi connectivity index (χ3n) is 4.58. The van der Waals surface area contributed by atoms with Gasteiger partial charge in [-0.15, -0.1) is 0 Å². The number of aryl methyl sites for hydroxylation is 1. The van der Waals surface area contributed by atoms with Crippen LogP contribution in [-0.2, 0) is 0 Å². The summed E-state index contributed by atoms with van der Waals surface area (Å²) in [6.07, 6.45) is 6.71. The molecule has 4 heteroatoms. The number of fused-ring (bicyclic) bond motifs is 2. The van der Waals surface area contributed by atoms with Crippen molar-refractivity contribution in [1.82, 2.24) is 10.3 Å². The molecule has 0 amide bonds. The number of nitrogens with one attached hydrogen (secondary N) is 1. The topological polar surface area (TPSA) is 52.0 Å². The molecule has 2 atom stereocenters. The Balaban J connectivity index is 1.86. The van der Waals surface area contributed by atoms with Gasteiger partial charge in [0, 0.05) is 31.4 Å². The summed E-state index contributed by atoms with van der Waals surface area (Å²) in [6, 6.07) is 6.02. The van der Waals surface area contributed by atoms with Crippen LogP contribution >= 0.6 is 0 Å². The Morgan fingerprint density at radius 1 is 1.37 bits per heavy atom. The van der Waals surface area contributed by atoms with E-state index in [1.165, 1.54) is 12.8 Å². The molecule has 2 aliphatic rings. The van der Waals surface area contributed by atoms with Crippen LogP contribution in [0.2, 0.25) is 0 Å². The van der Waals surface area contributed by atoms with Gasteiger partial charge in [-0.1, -0.05) is 0 Å². The highest BCUT2D eigenvalue weighted by Gasteiger charge is 2.35. The van der Waals surface area contributed by atoms with Gasteiger partial charge in [-0.3, -0.25) is 0 Å². The Labute approximate surface area is 114 Å². The standard InChI is InChI=1S/C15H20N4/c1-10-5-6-17-15(14(10)9-16)19(2)13-7-11-3-4-12(8-13)18-11/h5-6,11-13,18H,3-4,7-8H2,1-2H3. The highest BCUT2D eigenvalue weighted by Crippen LogP contribution is 2.32. The fraction of sp³-hybridized carbons (Fsp3) is 0.600. The van der Waals surface area contributed by atoms with Crippen molar-refractivity contribution < 1.29 is 0 Å². The van der Waals surface area contributed by atoms with Gasteiger partial charge in [-0.2, -0.15) is 5.26 Å². The molecule has 2 aliphatic heterocycles. The molecule has 100 valence electrons. The summed E-state index contributed by atoms with van der Waals surface area (Å²) in [5.41, 5.74) is 1.73. The van der Waals surface area contributed by atoms with Crippen molar-refractivity contribution in [3.05, 3.63) is 23.4 Å². The van der Waals surface area contributed by atoms with Crippen LogP contribution in [0.25, 0.3) is 0 Å². The van der Waals surface area contributed by atoms with Gasteiger partial charge in [0.2, 0.25) is 0 Å². The van der Waals surface area contributed by atoms with Crippen molar-refractivity contribution in [2.45, 2.75) is 50.7 Å². The summed E-state index contributed by atoms with van der Waals surface area (Å²) in [4.78, 5) is 6.66. The molecule has 0 radical (unpaired) electrons. The second-order valence-corrected chi connectivity index (χ2v) is 5.81. The molecule has 0 saturated carbocycles. The van der Waals surface area contributed by atoms with Crippen LogP contribution in [-0.4, -0.2) is 30.2 Å². The molecular formula is C15H20N4. The van der Waals surface area contributed by atoms with E-state index < -0.39 is 0 Å². The first-order valence-corrected chi connectivity index (χ1v) is 7.03. The predicted molar refractivity (Wildman–Crippen MR) is 75.1 cm³/mol. The minimum absolute atomic E-state index is 0.500. The average Bonchev–Trinajstić information content (AvgIpc) is 2.76. The third kappa shape index (κ3) is 2.19. The van der Waals surface area contributed by atoms with Crippen LogP contribution in [0.15, 0.2) is 12.3 Å². The third-order valence-corrected chi connectivity index (χ3v) is 4.58. The maximum absolute atomic E-state index is 9.33. The number of nitrogens with zero attached hydrogens (tertiary/aromatic N) is 3. The zero-order valence-corrected chi connectivity index (χ0v) is 11.6. The second kappa shape index (κ2) is 4.82. The number of nitriles is 1. The Bertz CT molecular complexity index is 507. The molecule has 1 aromatic heterocycles. The summed E-state index contributed by atoms with van der Waals surface area (Å²) in [6.45, 7) is 1.98. The largest absolute Gasteiger partial charge is 0.355 e. The van der Waals surface area contributed by atoms with Gasteiger partial charge in [0.1, 0.15) is 11.9 Å². The quantitative estimate of drug-likeness (QED) is 0.879. The minimum Gasteiger partial charge on any atom is -0.355 e. The predicted octanol–water partition coefficient (Wildman–Crippen LogP) is 1.98. The normalized spacial score (nSPS) is 29.0. The number of hydrogen-bond donors (Lipinski definition) is 1. The molecule has 3 heterocycles. The first-order chi connectivity index (χ1) is 9.19.